The van der Waals surface area contributed by atoms with E-state index in [0.29, 0.717) is 22.8 Å². The lowest BCUT2D eigenvalue weighted by Gasteiger charge is -2.34. The fraction of sp³-hybridized carbons (Fsp3) is 0.257. The highest BCUT2D eigenvalue weighted by Crippen LogP contribution is 2.26. The van der Waals surface area contributed by atoms with Crippen LogP contribution in [0.15, 0.2) is 114 Å². The number of anilines is 1. The zero-order valence-electron chi connectivity index (χ0n) is 25.2. The van der Waals surface area contributed by atoms with Gasteiger partial charge in [-0.05, 0) is 54.3 Å². The Morgan fingerprint density at radius 3 is 2.02 bits per heavy atom. The molecule has 0 radical (unpaired) electrons. The predicted octanol–water partition coefficient (Wildman–Crippen LogP) is 6.26. The van der Waals surface area contributed by atoms with Crippen molar-refractivity contribution >= 4 is 39.1 Å². The first kappa shape index (κ1) is 32.8. The molecule has 4 aromatic rings. The molecule has 0 unspecified atom stereocenters. The third-order valence-electron chi connectivity index (χ3n) is 7.19. The van der Waals surface area contributed by atoms with Crippen LogP contribution in [-0.4, -0.2) is 44.3 Å². The van der Waals surface area contributed by atoms with Gasteiger partial charge in [0.1, 0.15) is 12.6 Å². The van der Waals surface area contributed by atoms with Gasteiger partial charge >= 0.3 is 0 Å². The van der Waals surface area contributed by atoms with Gasteiger partial charge in [0.15, 0.2) is 0 Å². The van der Waals surface area contributed by atoms with Crippen molar-refractivity contribution in [3.8, 4) is 0 Å². The molecule has 0 bridgehead atoms. The fourth-order valence-corrected chi connectivity index (χ4v) is 6.36. The highest BCUT2D eigenvalue weighted by Gasteiger charge is 2.34. The Bertz CT molecular complexity index is 1650. The Labute approximate surface area is 265 Å². The van der Waals surface area contributed by atoms with Gasteiger partial charge in [-0.25, -0.2) is 8.42 Å². The van der Waals surface area contributed by atoms with E-state index in [0.717, 1.165) is 15.4 Å². The topological polar surface area (TPSA) is 86.8 Å². The number of nitrogens with zero attached hydrogens (tertiary/aromatic N) is 2. The first-order valence-electron chi connectivity index (χ1n) is 14.5. The standard InChI is InChI=1S/C35H38ClN3O4S/c1-26(2)23-37-35(41)33(22-28-12-6-4-7-13-28)38(24-29-14-10-11-17-32(29)36)34(40)25-39(30-15-8-5-9-16-30)44(42,43)31-20-18-27(3)19-21-31/h4-21,26,33H,22-25H2,1-3H3,(H,37,41)/t33-/m1/s1. The first-order chi connectivity index (χ1) is 21.1. The average Bonchev–Trinajstić information content (AvgIpc) is 3.02. The van der Waals surface area contributed by atoms with Crippen LogP contribution in [0, 0.1) is 12.8 Å². The fourth-order valence-electron chi connectivity index (χ4n) is 4.75. The lowest BCUT2D eigenvalue weighted by Crippen LogP contribution is -2.53. The molecule has 1 N–H and O–H groups in total. The van der Waals surface area contributed by atoms with Crippen molar-refractivity contribution in [2.24, 2.45) is 5.92 Å². The lowest BCUT2D eigenvalue weighted by atomic mass is 10.0. The number of amides is 2. The number of para-hydroxylation sites is 1. The van der Waals surface area contributed by atoms with E-state index in [-0.39, 0.29) is 29.7 Å². The maximum Gasteiger partial charge on any atom is 0.264 e. The van der Waals surface area contributed by atoms with Gasteiger partial charge in [0.05, 0.1) is 10.6 Å². The van der Waals surface area contributed by atoms with E-state index in [1.165, 1.54) is 17.0 Å². The van der Waals surface area contributed by atoms with Crippen LogP contribution in [0.1, 0.15) is 30.5 Å². The van der Waals surface area contributed by atoms with Crippen LogP contribution in [0.25, 0.3) is 0 Å². The van der Waals surface area contributed by atoms with Crippen molar-refractivity contribution in [3.63, 3.8) is 0 Å². The molecule has 0 aliphatic carbocycles. The number of sulfonamides is 1. The van der Waals surface area contributed by atoms with Gasteiger partial charge in [-0.2, -0.15) is 0 Å². The number of benzene rings is 4. The Hall–Kier alpha value is -4.14. The molecule has 0 aliphatic heterocycles. The Morgan fingerprint density at radius 2 is 1.41 bits per heavy atom. The van der Waals surface area contributed by atoms with Gasteiger partial charge in [-0.1, -0.05) is 110 Å². The molecule has 1 atom stereocenters. The zero-order chi connectivity index (χ0) is 31.7. The Balaban J connectivity index is 1.79. The minimum Gasteiger partial charge on any atom is -0.354 e. The van der Waals surface area contributed by atoms with Crippen molar-refractivity contribution in [1.29, 1.82) is 0 Å². The van der Waals surface area contributed by atoms with Gasteiger partial charge in [-0.15, -0.1) is 0 Å². The minimum atomic E-state index is -4.15. The molecule has 0 spiro atoms. The molecule has 0 aromatic heterocycles. The smallest absolute Gasteiger partial charge is 0.264 e. The largest absolute Gasteiger partial charge is 0.354 e. The molecule has 0 heterocycles. The Morgan fingerprint density at radius 1 is 0.818 bits per heavy atom. The molecular formula is C35H38ClN3O4S. The van der Waals surface area contributed by atoms with E-state index in [4.69, 9.17) is 11.6 Å². The molecule has 4 rings (SSSR count). The third-order valence-corrected chi connectivity index (χ3v) is 9.34. The van der Waals surface area contributed by atoms with Gasteiger partial charge in [0.2, 0.25) is 11.8 Å². The summed E-state index contributed by atoms with van der Waals surface area (Å²) in [6.07, 6.45) is 0.233. The van der Waals surface area contributed by atoms with E-state index in [1.54, 1.807) is 60.7 Å². The minimum absolute atomic E-state index is 0.0122. The number of hydrogen-bond acceptors (Lipinski definition) is 4. The van der Waals surface area contributed by atoms with Crippen LogP contribution in [0.5, 0.6) is 0 Å². The first-order valence-corrected chi connectivity index (χ1v) is 16.4. The molecule has 9 heteroatoms. The number of carbonyl (C=O) groups excluding carboxylic acids is 2. The molecule has 0 aliphatic rings. The third kappa shape index (κ3) is 8.49. The Kier molecular flexibility index (Phi) is 11.2. The van der Waals surface area contributed by atoms with Crippen LogP contribution >= 0.6 is 11.6 Å². The van der Waals surface area contributed by atoms with Crippen molar-refractivity contribution < 1.29 is 18.0 Å². The summed E-state index contributed by atoms with van der Waals surface area (Å²) in [6.45, 7) is 5.78. The van der Waals surface area contributed by atoms with Crippen molar-refractivity contribution in [3.05, 3.63) is 131 Å². The molecular weight excluding hydrogens is 594 g/mol. The number of hydrogen-bond donors (Lipinski definition) is 1. The van der Waals surface area contributed by atoms with E-state index in [1.807, 2.05) is 57.2 Å². The highest BCUT2D eigenvalue weighted by atomic mass is 35.5. The summed E-state index contributed by atoms with van der Waals surface area (Å²) in [5, 5.41) is 3.43. The van der Waals surface area contributed by atoms with Gasteiger partial charge in [0, 0.05) is 24.5 Å². The predicted molar refractivity (Wildman–Crippen MR) is 176 cm³/mol. The van der Waals surface area contributed by atoms with Crippen molar-refractivity contribution in [2.75, 3.05) is 17.4 Å². The summed E-state index contributed by atoms with van der Waals surface area (Å²) in [5.41, 5.74) is 2.75. The van der Waals surface area contributed by atoms with Gasteiger partial charge in [-0.3, -0.25) is 13.9 Å². The summed E-state index contributed by atoms with van der Waals surface area (Å²) in [4.78, 5) is 29.8. The molecule has 0 fully saturated rings. The van der Waals surface area contributed by atoms with Crippen LogP contribution in [-0.2, 0) is 32.6 Å². The second-order valence-corrected chi connectivity index (χ2v) is 13.4. The van der Waals surface area contributed by atoms with Crippen molar-refractivity contribution in [1.82, 2.24) is 10.2 Å². The van der Waals surface area contributed by atoms with Gasteiger partial charge < -0.3 is 10.2 Å². The molecule has 230 valence electrons. The van der Waals surface area contributed by atoms with Crippen LogP contribution < -0.4 is 9.62 Å². The second kappa shape index (κ2) is 15.0. The van der Waals surface area contributed by atoms with E-state index in [2.05, 4.69) is 5.32 Å². The monoisotopic (exact) mass is 631 g/mol. The van der Waals surface area contributed by atoms with Gasteiger partial charge in [0.25, 0.3) is 10.0 Å². The summed E-state index contributed by atoms with van der Waals surface area (Å²) >= 11 is 6.54. The summed E-state index contributed by atoms with van der Waals surface area (Å²) in [7, 11) is -4.15. The summed E-state index contributed by atoms with van der Waals surface area (Å²) in [5.74, 6) is -0.669. The number of aryl methyl sites for hydroxylation is 1. The van der Waals surface area contributed by atoms with Crippen LogP contribution in [0.2, 0.25) is 5.02 Å². The molecule has 4 aromatic carbocycles. The quantitative estimate of drug-likeness (QED) is 0.189. The lowest BCUT2D eigenvalue weighted by molar-refractivity contribution is -0.140. The molecule has 44 heavy (non-hydrogen) atoms. The van der Waals surface area contributed by atoms with Crippen LogP contribution in [0.4, 0.5) is 5.69 Å². The second-order valence-electron chi connectivity index (χ2n) is 11.1. The molecule has 0 saturated heterocycles. The molecule has 0 saturated carbocycles. The number of rotatable bonds is 13. The summed E-state index contributed by atoms with van der Waals surface area (Å²) < 4.78 is 29.2. The van der Waals surface area contributed by atoms with E-state index in [9.17, 15) is 18.0 Å². The number of carbonyl (C=O) groups is 2. The maximum absolute atomic E-state index is 14.4. The molecule has 2 amide bonds. The van der Waals surface area contributed by atoms with Crippen LogP contribution in [0.3, 0.4) is 0 Å². The number of halogens is 1. The average molecular weight is 632 g/mol. The van der Waals surface area contributed by atoms with Crippen molar-refractivity contribution in [2.45, 2.75) is 44.7 Å². The van der Waals surface area contributed by atoms with E-state index >= 15 is 0 Å². The normalized spacial score (nSPS) is 12.0. The number of nitrogens with one attached hydrogen (secondary N) is 1. The SMILES string of the molecule is Cc1ccc(S(=O)(=O)N(CC(=O)N(Cc2ccccc2Cl)[C@H](Cc2ccccc2)C(=O)NCC(C)C)c2ccccc2)cc1. The maximum atomic E-state index is 14.4. The molecule has 7 nitrogen and oxygen atoms in total. The highest BCUT2D eigenvalue weighted by molar-refractivity contribution is 7.92. The summed E-state index contributed by atoms with van der Waals surface area (Å²) in [6, 6.07) is 30.7. The zero-order valence-corrected chi connectivity index (χ0v) is 26.8. The van der Waals surface area contributed by atoms with E-state index < -0.39 is 28.5 Å².